The lowest BCUT2D eigenvalue weighted by Crippen LogP contribution is -2.27. The van der Waals surface area contributed by atoms with Crippen LogP contribution in [0, 0.1) is 0 Å². The minimum Gasteiger partial charge on any atom is -0.292 e. The molecule has 0 fully saturated rings. The number of imidazole rings is 2. The van der Waals surface area contributed by atoms with Crippen LogP contribution in [0.25, 0.3) is 124 Å². The Balaban J connectivity index is 0.768. The van der Waals surface area contributed by atoms with Crippen molar-refractivity contribution in [2.24, 2.45) is 0 Å². The highest BCUT2D eigenvalue weighted by atomic mass is 15.1. The molecule has 0 amide bonds. The van der Waals surface area contributed by atoms with Gasteiger partial charge in [0.15, 0.2) is 11.6 Å². The number of hydrogen-bond donors (Lipinski definition) is 0. The first-order valence-electron chi connectivity index (χ1n) is 29.2. The lowest BCUT2D eigenvalue weighted by Gasteiger charge is -2.42. The molecule has 2 bridgehead atoms. The molecule has 0 N–H and O–H groups in total. The van der Waals surface area contributed by atoms with Gasteiger partial charge in [-0.1, -0.05) is 218 Å². The summed E-state index contributed by atoms with van der Waals surface area (Å²) in [5, 5.41) is 0. The Bertz CT molecular complexity index is 4810. The van der Waals surface area contributed by atoms with Gasteiger partial charge in [-0.15, -0.1) is 0 Å². The number of nitrogens with zero attached hydrogens (tertiary/aromatic N) is 8. The van der Waals surface area contributed by atoms with Crippen LogP contribution in [0.15, 0.2) is 291 Å². The van der Waals surface area contributed by atoms with Gasteiger partial charge in [0, 0.05) is 67.7 Å². The molecule has 0 saturated heterocycles. The molecular formula is C78H50N8. The summed E-state index contributed by atoms with van der Waals surface area (Å²) >= 11 is 0. The van der Waals surface area contributed by atoms with E-state index in [4.69, 9.17) is 29.9 Å². The van der Waals surface area contributed by atoms with Crippen molar-refractivity contribution in [2.45, 2.75) is 11.8 Å². The summed E-state index contributed by atoms with van der Waals surface area (Å²) in [6, 6.07) is 103. The van der Waals surface area contributed by atoms with Crippen LogP contribution < -0.4 is 0 Å². The zero-order valence-electron chi connectivity index (χ0n) is 46.4. The van der Waals surface area contributed by atoms with E-state index in [0.29, 0.717) is 11.6 Å². The highest BCUT2D eigenvalue weighted by Crippen LogP contribution is 2.57. The summed E-state index contributed by atoms with van der Waals surface area (Å²) in [7, 11) is 0. The fourth-order valence-corrected chi connectivity index (χ4v) is 13.2. The van der Waals surface area contributed by atoms with Crippen molar-refractivity contribution < 1.29 is 0 Å². The van der Waals surface area contributed by atoms with Crippen LogP contribution >= 0.6 is 0 Å². The molecule has 0 spiro atoms. The average Bonchev–Trinajstić information content (AvgIpc) is 1.18. The van der Waals surface area contributed by atoms with Gasteiger partial charge in [0.2, 0.25) is 0 Å². The maximum absolute atomic E-state index is 5.46. The van der Waals surface area contributed by atoms with E-state index in [0.717, 1.165) is 112 Å². The monoisotopic (exact) mass is 1100 g/mol. The second-order valence-corrected chi connectivity index (χ2v) is 22.2. The Morgan fingerprint density at radius 3 is 0.977 bits per heavy atom. The number of rotatable bonds is 10. The Kier molecular flexibility index (Phi) is 11.5. The van der Waals surface area contributed by atoms with Crippen LogP contribution in [0.3, 0.4) is 0 Å². The summed E-state index contributed by atoms with van der Waals surface area (Å²) in [5.41, 5.74) is 25.1. The molecule has 86 heavy (non-hydrogen) atoms. The Morgan fingerprint density at radius 1 is 0.221 bits per heavy atom. The number of aromatic nitrogens is 8. The van der Waals surface area contributed by atoms with Crippen LogP contribution in [-0.4, -0.2) is 39.0 Å². The van der Waals surface area contributed by atoms with E-state index >= 15 is 0 Å². The molecule has 8 heteroatoms. The van der Waals surface area contributed by atoms with Gasteiger partial charge in [0.05, 0.1) is 44.8 Å². The minimum absolute atomic E-state index is 0.0117. The first-order chi connectivity index (χ1) is 42.6. The van der Waals surface area contributed by atoms with E-state index in [-0.39, 0.29) is 11.8 Å². The molecular weight excluding hydrogens is 1050 g/mol. The lowest BCUT2D eigenvalue weighted by atomic mass is 9.61. The molecule has 0 radical (unpaired) electrons. The van der Waals surface area contributed by atoms with E-state index in [1.165, 1.54) is 33.4 Å². The predicted molar refractivity (Wildman–Crippen MR) is 345 cm³/mol. The third-order valence-electron chi connectivity index (χ3n) is 17.1. The van der Waals surface area contributed by atoms with Crippen molar-refractivity contribution in [3.05, 3.63) is 325 Å². The number of hydrogen-bond acceptors (Lipinski definition) is 6. The van der Waals surface area contributed by atoms with E-state index in [9.17, 15) is 0 Å². The van der Waals surface area contributed by atoms with Crippen molar-refractivity contribution >= 4 is 22.1 Å². The fourth-order valence-electron chi connectivity index (χ4n) is 13.2. The van der Waals surface area contributed by atoms with E-state index in [1.807, 2.05) is 36.4 Å². The quantitative estimate of drug-likeness (QED) is 0.136. The summed E-state index contributed by atoms with van der Waals surface area (Å²) < 4.78 is 4.51. The van der Waals surface area contributed by atoms with E-state index in [2.05, 4.69) is 264 Å². The van der Waals surface area contributed by atoms with Gasteiger partial charge in [0.1, 0.15) is 11.6 Å². The molecule has 4 aromatic heterocycles. The second-order valence-electron chi connectivity index (χ2n) is 22.2. The highest BCUT2D eigenvalue weighted by Gasteiger charge is 2.42. The minimum atomic E-state index is -0.0117. The summed E-state index contributed by atoms with van der Waals surface area (Å²) in [6.07, 6.45) is 0. The standard InChI is InChI=1S/C78H50N8/c1-5-21-49(22-6-1)67-47-69(53-29-19-31-57(43-53)85-71-37-17-15-35-65(71)83-77(85)51-25-9-3-10-26-51)81-75(79-67)55-39-41-61-63(45-55)73-59-33-13-14-34-60(59)74(61)64-46-56(40-42-62(64)73)76-80-68(50-23-7-2-8-24-50)48-70(82-76)54-30-20-32-58(44-54)86-72-38-18-16-36-66(72)84-78(86)52-27-11-4-12-28-52/h1-48,73-74H. The van der Waals surface area contributed by atoms with Gasteiger partial charge in [-0.05, 0) is 106 Å². The van der Waals surface area contributed by atoms with Crippen LogP contribution in [0.5, 0.6) is 0 Å². The third kappa shape index (κ3) is 8.29. The molecule has 18 rings (SSSR count). The molecule has 0 aliphatic heterocycles. The van der Waals surface area contributed by atoms with E-state index in [1.54, 1.807) is 0 Å². The topological polar surface area (TPSA) is 87.2 Å². The molecule has 15 aromatic rings. The van der Waals surface area contributed by atoms with Gasteiger partial charge < -0.3 is 0 Å². The molecule has 2 atom stereocenters. The van der Waals surface area contributed by atoms with Crippen molar-refractivity contribution in [1.29, 1.82) is 0 Å². The maximum Gasteiger partial charge on any atom is 0.160 e. The molecule has 11 aromatic carbocycles. The molecule has 8 nitrogen and oxygen atoms in total. The molecule has 4 heterocycles. The Morgan fingerprint density at radius 2 is 0.558 bits per heavy atom. The first kappa shape index (κ1) is 49.2. The Labute approximate surface area is 496 Å². The fraction of sp³-hybridized carbons (Fsp3) is 0.0256. The first-order valence-corrected chi connectivity index (χ1v) is 29.2. The third-order valence-corrected chi connectivity index (χ3v) is 17.1. The molecule has 402 valence electrons. The SMILES string of the molecule is c1ccc(-c2cc(-c3cccc(-n4c(-c5ccccc5)nc5ccccc54)c3)nc(-c3ccc4c(c3)C3c5ccccc5C4c4cc(-c5nc(-c6ccccc6)cc(-c6cccc(-n7c(-c8ccccc8)nc8ccccc87)c6)n5)ccc43)n2)cc1. The van der Waals surface area contributed by atoms with Gasteiger partial charge >= 0.3 is 0 Å². The van der Waals surface area contributed by atoms with Crippen LogP contribution in [0.2, 0.25) is 0 Å². The molecule has 3 aliphatic rings. The Hall–Kier alpha value is -11.5. The summed E-state index contributed by atoms with van der Waals surface area (Å²) in [5.74, 6) is 3.09. The van der Waals surface area contributed by atoms with Crippen molar-refractivity contribution in [3.63, 3.8) is 0 Å². The number of para-hydroxylation sites is 4. The molecule has 0 saturated carbocycles. The largest absolute Gasteiger partial charge is 0.292 e. The summed E-state index contributed by atoms with van der Waals surface area (Å²) in [6.45, 7) is 0. The van der Waals surface area contributed by atoms with Gasteiger partial charge in [0.25, 0.3) is 0 Å². The van der Waals surface area contributed by atoms with E-state index < -0.39 is 0 Å². The zero-order chi connectivity index (χ0) is 56.7. The van der Waals surface area contributed by atoms with Crippen LogP contribution in [-0.2, 0) is 0 Å². The van der Waals surface area contributed by atoms with Gasteiger partial charge in [-0.2, -0.15) is 0 Å². The van der Waals surface area contributed by atoms with Crippen LogP contribution in [0.1, 0.15) is 45.2 Å². The number of fused-ring (bicyclic) bond motifs is 2. The van der Waals surface area contributed by atoms with Crippen molar-refractivity contribution in [2.75, 3.05) is 0 Å². The highest BCUT2D eigenvalue weighted by molar-refractivity contribution is 5.86. The van der Waals surface area contributed by atoms with Crippen molar-refractivity contribution in [1.82, 2.24) is 39.0 Å². The second kappa shape index (κ2) is 20.2. The molecule has 3 aliphatic carbocycles. The van der Waals surface area contributed by atoms with Crippen molar-refractivity contribution in [3.8, 4) is 102 Å². The normalized spacial score (nSPS) is 13.8. The lowest BCUT2D eigenvalue weighted by molar-refractivity contribution is 0.754. The van der Waals surface area contributed by atoms with Gasteiger partial charge in [-0.25, -0.2) is 29.9 Å². The summed E-state index contributed by atoms with van der Waals surface area (Å²) in [4.78, 5) is 32.0. The predicted octanol–water partition coefficient (Wildman–Crippen LogP) is 18.3. The van der Waals surface area contributed by atoms with Crippen LogP contribution in [0.4, 0.5) is 0 Å². The zero-order valence-corrected chi connectivity index (χ0v) is 46.4. The maximum atomic E-state index is 5.46. The number of benzene rings is 11. The smallest absolute Gasteiger partial charge is 0.160 e. The molecule has 2 unspecified atom stereocenters. The van der Waals surface area contributed by atoms with Gasteiger partial charge in [-0.3, -0.25) is 9.13 Å². The average molecular weight is 1100 g/mol.